The van der Waals surface area contributed by atoms with Crippen LogP contribution in [0.2, 0.25) is 0 Å². The molecule has 1 aromatic carbocycles. The van der Waals surface area contributed by atoms with Crippen molar-refractivity contribution in [2.24, 2.45) is 4.99 Å². The third-order valence-electron chi connectivity index (χ3n) is 5.02. The van der Waals surface area contributed by atoms with Gasteiger partial charge in [0.2, 0.25) is 5.96 Å². The molecule has 0 radical (unpaired) electrons. The molecule has 3 heterocycles. The first-order valence-corrected chi connectivity index (χ1v) is 8.74. The number of anilines is 1. The van der Waals surface area contributed by atoms with Crippen LogP contribution >= 0.6 is 0 Å². The number of benzene rings is 1. The van der Waals surface area contributed by atoms with Crippen molar-refractivity contribution >= 4 is 23.6 Å². The average Bonchev–Trinajstić information content (AvgIpc) is 3.15. The van der Waals surface area contributed by atoms with Crippen molar-refractivity contribution in [3.63, 3.8) is 0 Å². The lowest BCUT2D eigenvalue weighted by Crippen LogP contribution is -2.64. The van der Waals surface area contributed by atoms with Gasteiger partial charge in [-0.05, 0) is 25.5 Å². The maximum absolute atomic E-state index is 14.4. The number of fused-ring (bicyclic) bond motifs is 3. The number of urea groups is 1. The molecule has 8 nitrogen and oxygen atoms in total. The fourth-order valence-corrected chi connectivity index (χ4v) is 3.72. The Morgan fingerprint density at radius 3 is 2.70 bits per heavy atom. The van der Waals surface area contributed by atoms with E-state index in [1.165, 1.54) is 11.0 Å². The molecule has 2 unspecified atom stereocenters. The summed E-state index contributed by atoms with van der Waals surface area (Å²) < 4.78 is 14.4. The molecule has 1 N–H and O–H groups in total. The number of guanidine groups is 1. The number of aliphatic hydroxyl groups excluding tert-OH is 1. The molecule has 3 aliphatic rings. The fourth-order valence-electron chi connectivity index (χ4n) is 3.72. The summed E-state index contributed by atoms with van der Waals surface area (Å²) in [6, 6.07) is 5.20. The lowest BCUT2D eigenvalue weighted by atomic mass is 10.1. The summed E-state index contributed by atoms with van der Waals surface area (Å²) in [6.45, 7) is 1.85. The molecule has 3 aliphatic heterocycles. The maximum atomic E-state index is 14.4. The summed E-state index contributed by atoms with van der Waals surface area (Å²) in [6.07, 6.45) is 1.39. The quantitative estimate of drug-likeness (QED) is 0.857. The number of carbonyl (C=O) groups is 2. The van der Waals surface area contributed by atoms with Crippen LogP contribution in [0.4, 0.5) is 14.9 Å². The van der Waals surface area contributed by atoms with Gasteiger partial charge in [-0.15, -0.1) is 0 Å². The SMILES string of the molecule is CC1=CN2C(=NC3C2C(=O)N(CCCO)C(=O)N3C)N1c1ccccc1F. The average molecular weight is 373 g/mol. The second-order valence-electron chi connectivity index (χ2n) is 6.71. The molecule has 1 aromatic rings. The minimum Gasteiger partial charge on any atom is -0.396 e. The Morgan fingerprint density at radius 1 is 1.26 bits per heavy atom. The minimum absolute atomic E-state index is 0.111. The number of para-hydroxylation sites is 1. The van der Waals surface area contributed by atoms with E-state index in [4.69, 9.17) is 5.11 Å². The predicted octanol–water partition coefficient (Wildman–Crippen LogP) is 1.15. The lowest BCUT2D eigenvalue weighted by Gasteiger charge is -2.40. The Hall–Kier alpha value is -2.94. The second kappa shape index (κ2) is 6.34. The zero-order valence-corrected chi connectivity index (χ0v) is 15.0. The van der Waals surface area contributed by atoms with Gasteiger partial charge >= 0.3 is 6.03 Å². The highest BCUT2D eigenvalue weighted by molar-refractivity contribution is 6.09. The van der Waals surface area contributed by atoms with Gasteiger partial charge in [0, 0.05) is 32.1 Å². The van der Waals surface area contributed by atoms with E-state index in [1.54, 1.807) is 41.2 Å². The number of aliphatic hydroxyl groups is 1. The van der Waals surface area contributed by atoms with Crippen molar-refractivity contribution in [2.75, 3.05) is 25.1 Å². The van der Waals surface area contributed by atoms with Gasteiger partial charge in [0.1, 0.15) is 5.82 Å². The Labute approximate surface area is 155 Å². The molecule has 27 heavy (non-hydrogen) atoms. The van der Waals surface area contributed by atoms with Crippen LogP contribution < -0.4 is 4.90 Å². The Kier molecular flexibility index (Phi) is 4.11. The van der Waals surface area contributed by atoms with Crippen LogP contribution in [-0.2, 0) is 4.79 Å². The van der Waals surface area contributed by atoms with Crippen LogP contribution in [0.3, 0.4) is 0 Å². The molecule has 1 saturated heterocycles. The van der Waals surface area contributed by atoms with Crippen LogP contribution in [0, 0.1) is 5.82 Å². The van der Waals surface area contributed by atoms with Crippen LogP contribution in [0.15, 0.2) is 41.2 Å². The lowest BCUT2D eigenvalue weighted by molar-refractivity contribution is -0.136. The summed E-state index contributed by atoms with van der Waals surface area (Å²) >= 11 is 0. The first-order chi connectivity index (χ1) is 13.0. The molecule has 0 spiro atoms. The van der Waals surface area contributed by atoms with E-state index in [-0.39, 0.29) is 19.1 Å². The number of imide groups is 1. The number of likely N-dealkylation sites (N-methyl/N-ethyl adjacent to an activating group) is 1. The molecule has 3 amide bonds. The smallest absolute Gasteiger partial charge is 0.328 e. The Bertz CT molecular complexity index is 870. The van der Waals surface area contributed by atoms with Gasteiger partial charge in [0.15, 0.2) is 12.2 Å². The van der Waals surface area contributed by atoms with Gasteiger partial charge in [-0.1, -0.05) is 12.1 Å². The first-order valence-electron chi connectivity index (χ1n) is 8.74. The van der Waals surface area contributed by atoms with E-state index in [0.29, 0.717) is 18.1 Å². The fraction of sp³-hybridized carbons (Fsp3) is 0.389. The molecule has 0 aliphatic carbocycles. The van der Waals surface area contributed by atoms with E-state index >= 15 is 0 Å². The van der Waals surface area contributed by atoms with Crippen LogP contribution in [0.1, 0.15) is 13.3 Å². The number of nitrogens with zero attached hydrogens (tertiary/aromatic N) is 5. The summed E-state index contributed by atoms with van der Waals surface area (Å²) in [5.74, 6) is -0.343. The maximum Gasteiger partial charge on any atom is 0.328 e. The minimum atomic E-state index is -0.701. The van der Waals surface area contributed by atoms with Gasteiger partial charge in [0.05, 0.1) is 5.69 Å². The third-order valence-corrected chi connectivity index (χ3v) is 5.02. The summed E-state index contributed by atoms with van der Waals surface area (Å²) in [4.78, 5) is 36.0. The van der Waals surface area contributed by atoms with E-state index in [9.17, 15) is 14.0 Å². The Balaban J connectivity index is 1.71. The molecule has 0 saturated carbocycles. The predicted molar refractivity (Wildman–Crippen MR) is 96.1 cm³/mol. The van der Waals surface area contributed by atoms with Crippen molar-refractivity contribution in [3.8, 4) is 0 Å². The van der Waals surface area contributed by atoms with Crippen molar-refractivity contribution in [2.45, 2.75) is 25.6 Å². The van der Waals surface area contributed by atoms with Crippen LogP contribution in [0.25, 0.3) is 0 Å². The number of hydrogen-bond donors (Lipinski definition) is 1. The van der Waals surface area contributed by atoms with Gasteiger partial charge in [-0.2, -0.15) is 0 Å². The molecule has 1 fully saturated rings. The number of amides is 3. The number of allylic oxidation sites excluding steroid dienone is 1. The first kappa shape index (κ1) is 17.5. The standard InChI is InChI=1S/C18H20FN5O3/c1-11-10-23-14-15(21(2)18(27)22(16(14)26)8-5-9-25)20-17(23)24(11)13-7-4-3-6-12(13)19/h3-4,6-7,10,14-15,25H,5,8-9H2,1-2H3. The van der Waals surface area contributed by atoms with Crippen LogP contribution in [0.5, 0.6) is 0 Å². The highest BCUT2D eigenvalue weighted by atomic mass is 19.1. The van der Waals surface area contributed by atoms with E-state index < -0.39 is 24.1 Å². The third kappa shape index (κ3) is 2.49. The molecule has 0 aromatic heterocycles. The second-order valence-corrected chi connectivity index (χ2v) is 6.71. The van der Waals surface area contributed by atoms with Crippen molar-refractivity contribution in [1.29, 1.82) is 0 Å². The van der Waals surface area contributed by atoms with Gasteiger partial charge in [-0.25, -0.2) is 14.2 Å². The number of carbonyl (C=O) groups excluding carboxylic acids is 2. The topological polar surface area (TPSA) is 79.7 Å². The van der Waals surface area contributed by atoms with Gasteiger partial charge < -0.3 is 14.9 Å². The molecular formula is C18H20FN5O3. The normalized spacial score (nSPS) is 24.3. The highest BCUT2D eigenvalue weighted by Crippen LogP contribution is 2.37. The molecule has 2 atom stereocenters. The number of aliphatic imine (C=N–C) groups is 1. The van der Waals surface area contributed by atoms with E-state index in [2.05, 4.69) is 4.99 Å². The monoisotopic (exact) mass is 373 g/mol. The van der Waals surface area contributed by atoms with E-state index in [1.807, 2.05) is 6.92 Å². The Morgan fingerprint density at radius 2 is 2.00 bits per heavy atom. The summed E-state index contributed by atoms with van der Waals surface area (Å²) in [7, 11) is 1.59. The number of rotatable bonds is 4. The van der Waals surface area contributed by atoms with Gasteiger partial charge in [0.25, 0.3) is 5.91 Å². The zero-order chi connectivity index (χ0) is 19.3. The number of hydrogen-bond acceptors (Lipinski definition) is 6. The summed E-state index contributed by atoms with van der Waals surface area (Å²) in [5.41, 5.74) is 1.07. The molecule has 9 heteroatoms. The molecule has 142 valence electrons. The largest absolute Gasteiger partial charge is 0.396 e. The van der Waals surface area contributed by atoms with E-state index in [0.717, 1.165) is 10.6 Å². The summed E-state index contributed by atoms with van der Waals surface area (Å²) in [5, 5.41) is 9.05. The molecular weight excluding hydrogens is 353 g/mol. The highest BCUT2D eigenvalue weighted by Gasteiger charge is 2.54. The molecule has 4 rings (SSSR count). The van der Waals surface area contributed by atoms with Crippen molar-refractivity contribution < 1.29 is 19.1 Å². The van der Waals surface area contributed by atoms with Gasteiger partial charge in [-0.3, -0.25) is 14.6 Å². The van der Waals surface area contributed by atoms with Crippen LogP contribution in [-0.4, -0.2) is 70.1 Å². The van der Waals surface area contributed by atoms with Crippen molar-refractivity contribution in [1.82, 2.24) is 14.7 Å². The van der Waals surface area contributed by atoms with Crippen molar-refractivity contribution in [3.05, 3.63) is 42.0 Å². The molecule has 0 bridgehead atoms. The zero-order valence-electron chi connectivity index (χ0n) is 15.0. The number of halogens is 1.